The van der Waals surface area contributed by atoms with E-state index >= 15 is 0 Å². The van der Waals surface area contributed by atoms with Crippen LogP contribution in [-0.4, -0.2) is 53.9 Å². The Morgan fingerprint density at radius 3 is 2.52 bits per heavy atom. The van der Waals surface area contributed by atoms with Crippen molar-refractivity contribution in [3.63, 3.8) is 0 Å². The summed E-state index contributed by atoms with van der Waals surface area (Å²) in [6.07, 6.45) is 0. The van der Waals surface area contributed by atoms with E-state index in [1.165, 1.54) is 0 Å². The van der Waals surface area contributed by atoms with Crippen LogP contribution in [0.1, 0.15) is 35.5 Å². The van der Waals surface area contributed by atoms with E-state index in [9.17, 15) is 4.79 Å². The van der Waals surface area contributed by atoms with Crippen LogP contribution < -0.4 is 14.8 Å². The molecule has 176 valence electrons. The second-order valence-electron chi connectivity index (χ2n) is 7.59. The Hall–Kier alpha value is -3.03. The molecule has 0 fully saturated rings. The molecule has 0 bridgehead atoms. The Morgan fingerprint density at radius 1 is 1.12 bits per heavy atom. The molecule has 0 saturated heterocycles. The number of anilines is 1. The average molecular weight is 471 g/mol. The van der Waals surface area contributed by atoms with Gasteiger partial charge >= 0.3 is 0 Å². The van der Waals surface area contributed by atoms with Gasteiger partial charge < -0.3 is 19.7 Å². The molecule has 1 heterocycles. The van der Waals surface area contributed by atoms with E-state index in [0.29, 0.717) is 46.7 Å². The van der Waals surface area contributed by atoms with Crippen LogP contribution in [0, 0.1) is 6.92 Å². The van der Waals surface area contributed by atoms with Gasteiger partial charge in [0.25, 0.3) is 5.91 Å². The number of hydrogen-bond acceptors (Lipinski definition) is 5. The van der Waals surface area contributed by atoms with Gasteiger partial charge in [-0.2, -0.15) is 5.10 Å². The molecule has 1 aromatic heterocycles. The summed E-state index contributed by atoms with van der Waals surface area (Å²) in [5, 5.41) is 7.67. The van der Waals surface area contributed by atoms with Crippen LogP contribution in [0.15, 0.2) is 48.5 Å². The van der Waals surface area contributed by atoms with Gasteiger partial charge in [-0.1, -0.05) is 55.8 Å². The van der Waals surface area contributed by atoms with E-state index in [-0.39, 0.29) is 5.91 Å². The summed E-state index contributed by atoms with van der Waals surface area (Å²) in [5.41, 5.74) is 2.56. The number of methoxy groups -OCH3 is 1. The minimum atomic E-state index is -0.323. The predicted molar refractivity (Wildman–Crippen MR) is 132 cm³/mol. The first-order valence-electron chi connectivity index (χ1n) is 11.1. The van der Waals surface area contributed by atoms with E-state index in [1.54, 1.807) is 36.9 Å². The highest BCUT2D eigenvalue weighted by molar-refractivity contribution is 6.33. The molecule has 1 amide bonds. The third-order valence-corrected chi connectivity index (χ3v) is 5.83. The van der Waals surface area contributed by atoms with Gasteiger partial charge in [0.05, 0.1) is 24.9 Å². The molecule has 0 atom stereocenters. The van der Waals surface area contributed by atoms with Gasteiger partial charge in [-0.15, -0.1) is 0 Å². The monoisotopic (exact) mass is 470 g/mol. The smallest absolute Gasteiger partial charge is 0.260 e. The van der Waals surface area contributed by atoms with Crippen molar-refractivity contribution in [3.05, 3.63) is 70.5 Å². The summed E-state index contributed by atoms with van der Waals surface area (Å²) in [5.74, 6) is 0.860. The molecule has 0 aliphatic carbocycles. The summed E-state index contributed by atoms with van der Waals surface area (Å²) >= 11 is 6.54. The molecule has 0 aliphatic rings. The Kier molecular flexibility index (Phi) is 8.74. The molecule has 0 spiro atoms. The van der Waals surface area contributed by atoms with Crippen molar-refractivity contribution in [2.24, 2.45) is 0 Å². The zero-order chi connectivity index (χ0) is 23.8. The van der Waals surface area contributed by atoms with E-state index in [2.05, 4.69) is 29.2 Å². The predicted octanol–water partition coefficient (Wildman–Crippen LogP) is 4.87. The molecular formula is C25H31ClN4O3. The number of carbonyl (C=O) groups excluding carboxylic acids is 1. The van der Waals surface area contributed by atoms with Crippen molar-refractivity contribution in [2.75, 3.05) is 38.7 Å². The SMILES string of the molecule is CCN(CC)CCOc1cc(NC(=O)c2c(C)nn(Cc3ccccc3)c2Cl)ccc1OC. The van der Waals surface area contributed by atoms with Gasteiger partial charge in [0.15, 0.2) is 11.5 Å². The molecule has 0 unspecified atom stereocenters. The lowest BCUT2D eigenvalue weighted by Crippen LogP contribution is -2.28. The van der Waals surface area contributed by atoms with E-state index in [0.717, 1.165) is 25.2 Å². The topological polar surface area (TPSA) is 68.6 Å². The number of ether oxygens (including phenoxy) is 2. The highest BCUT2D eigenvalue weighted by atomic mass is 35.5. The molecule has 0 radical (unpaired) electrons. The van der Waals surface area contributed by atoms with Crippen molar-refractivity contribution >= 4 is 23.2 Å². The van der Waals surface area contributed by atoms with Crippen LogP contribution in [0.5, 0.6) is 11.5 Å². The maximum atomic E-state index is 13.0. The van der Waals surface area contributed by atoms with Gasteiger partial charge in [0, 0.05) is 18.3 Å². The van der Waals surface area contributed by atoms with Crippen molar-refractivity contribution in [1.29, 1.82) is 0 Å². The number of halogens is 1. The molecule has 3 rings (SSSR count). The molecule has 3 aromatic rings. The minimum absolute atomic E-state index is 0.304. The molecular weight excluding hydrogens is 440 g/mol. The lowest BCUT2D eigenvalue weighted by Gasteiger charge is -2.19. The quantitative estimate of drug-likeness (QED) is 0.432. The van der Waals surface area contributed by atoms with Crippen LogP contribution in [0.2, 0.25) is 5.15 Å². The summed E-state index contributed by atoms with van der Waals surface area (Å²) < 4.78 is 13.0. The van der Waals surface area contributed by atoms with Crippen LogP contribution in [0.3, 0.4) is 0 Å². The van der Waals surface area contributed by atoms with Gasteiger partial charge in [0.1, 0.15) is 11.8 Å². The summed E-state index contributed by atoms with van der Waals surface area (Å²) in [6, 6.07) is 15.2. The minimum Gasteiger partial charge on any atom is -0.493 e. The Labute approximate surface area is 200 Å². The second kappa shape index (κ2) is 11.7. The highest BCUT2D eigenvalue weighted by Crippen LogP contribution is 2.31. The number of nitrogens with zero attached hydrogens (tertiary/aromatic N) is 3. The average Bonchev–Trinajstić information content (AvgIpc) is 3.10. The number of likely N-dealkylation sites (N-methyl/N-ethyl adjacent to an activating group) is 1. The van der Waals surface area contributed by atoms with Crippen LogP contribution in [-0.2, 0) is 6.54 Å². The number of aromatic nitrogens is 2. The fourth-order valence-corrected chi connectivity index (χ4v) is 3.88. The fourth-order valence-electron chi connectivity index (χ4n) is 3.56. The number of amides is 1. The third kappa shape index (κ3) is 6.27. The first kappa shape index (κ1) is 24.6. The first-order valence-corrected chi connectivity index (χ1v) is 11.5. The van der Waals surface area contributed by atoms with Crippen LogP contribution in [0.4, 0.5) is 5.69 Å². The highest BCUT2D eigenvalue weighted by Gasteiger charge is 2.21. The molecule has 0 saturated carbocycles. The molecule has 0 aliphatic heterocycles. The standard InChI is InChI=1S/C25H31ClN4O3/c1-5-29(6-2)14-15-33-22-16-20(12-13-21(22)32-4)27-25(31)23-18(3)28-30(24(23)26)17-19-10-8-7-9-11-19/h7-13,16H,5-6,14-15,17H2,1-4H3,(H,27,31). The summed E-state index contributed by atoms with van der Waals surface area (Å²) in [4.78, 5) is 15.3. The Bertz CT molecular complexity index is 1070. The van der Waals surface area contributed by atoms with Crippen molar-refractivity contribution in [2.45, 2.75) is 27.3 Å². The van der Waals surface area contributed by atoms with Crippen molar-refractivity contribution in [3.8, 4) is 11.5 Å². The summed E-state index contributed by atoms with van der Waals surface area (Å²) in [6.45, 7) is 9.76. The Morgan fingerprint density at radius 2 is 1.85 bits per heavy atom. The van der Waals surface area contributed by atoms with Gasteiger partial charge in [-0.3, -0.25) is 4.79 Å². The number of carbonyl (C=O) groups is 1. The summed E-state index contributed by atoms with van der Waals surface area (Å²) in [7, 11) is 1.59. The molecule has 8 heteroatoms. The van der Waals surface area contributed by atoms with E-state index in [1.807, 2.05) is 30.3 Å². The van der Waals surface area contributed by atoms with Gasteiger partial charge in [-0.05, 0) is 37.7 Å². The lowest BCUT2D eigenvalue weighted by atomic mass is 10.2. The van der Waals surface area contributed by atoms with Crippen molar-refractivity contribution in [1.82, 2.24) is 14.7 Å². The van der Waals surface area contributed by atoms with Gasteiger partial charge in [0.2, 0.25) is 0 Å². The Balaban J connectivity index is 1.73. The maximum Gasteiger partial charge on any atom is 0.260 e. The van der Waals surface area contributed by atoms with E-state index < -0.39 is 0 Å². The first-order chi connectivity index (χ1) is 16.0. The molecule has 33 heavy (non-hydrogen) atoms. The van der Waals surface area contributed by atoms with Gasteiger partial charge in [-0.25, -0.2) is 4.68 Å². The number of hydrogen-bond donors (Lipinski definition) is 1. The number of rotatable bonds is 11. The van der Waals surface area contributed by atoms with Crippen LogP contribution in [0.25, 0.3) is 0 Å². The van der Waals surface area contributed by atoms with E-state index in [4.69, 9.17) is 21.1 Å². The molecule has 1 N–H and O–H groups in total. The zero-order valence-electron chi connectivity index (χ0n) is 19.6. The second-order valence-corrected chi connectivity index (χ2v) is 7.95. The van der Waals surface area contributed by atoms with Crippen LogP contribution >= 0.6 is 11.6 Å². The number of nitrogens with one attached hydrogen (secondary N) is 1. The fraction of sp³-hybridized carbons (Fsp3) is 0.360. The lowest BCUT2D eigenvalue weighted by molar-refractivity contribution is 0.102. The third-order valence-electron chi connectivity index (χ3n) is 5.45. The normalized spacial score (nSPS) is 11.0. The van der Waals surface area contributed by atoms with Crippen molar-refractivity contribution < 1.29 is 14.3 Å². The maximum absolute atomic E-state index is 13.0. The molecule has 7 nitrogen and oxygen atoms in total. The number of benzene rings is 2. The molecule has 2 aromatic carbocycles. The zero-order valence-corrected chi connectivity index (χ0v) is 20.4. The number of aryl methyl sites for hydroxylation is 1. The largest absolute Gasteiger partial charge is 0.493 e.